The minimum atomic E-state index is -1.28. The van der Waals surface area contributed by atoms with Gasteiger partial charge in [-0.25, -0.2) is 4.79 Å². The number of aromatic nitrogens is 3. The van der Waals surface area contributed by atoms with Gasteiger partial charge in [0.25, 0.3) is 0 Å². The fourth-order valence-corrected chi connectivity index (χ4v) is 2.62. The lowest BCUT2D eigenvalue weighted by molar-refractivity contribution is -0.132. The first-order valence-electron chi connectivity index (χ1n) is 8.27. The molecule has 144 valence electrons. The number of anilines is 2. The van der Waals surface area contributed by atoms with Crippen molar-refractivity contribution in [3.63, 3.8) is 0 Å². The Kier molecular flexibility index (Phi) is 6.02. The van der Waals surface area contributed by atoms with Crippen LogP contribution in [0.25, 0.3) is 17.5 Å². The van der Waals surface area contributed by atoms with Crippen molar-refractivity contribution in [3.05, 3.63) is 65.0 Å². The van der Waals surface area contributed by atoms with Gasteiger partial charge in [-0.3, -0.25) is 0 Å². The summed E-state index contributed by atoms with van der Waals surface area (Å²) in [6, 6.07) is 15.6. The molecule has 0 unspecified atom stereocenters. The minimum Gasteiger partial charge on any atom is -0.496 e. The van der Waals surface area contributed by atoms with Gasteiger partial charge in [0, 0.05) is 5.69 Å². The highest BCUT2D eigenvalue weighted by Crippen LogP contribution is 2.28. The number of carbonyl (C=O) groups is 1. The maximum Gasteiger partial charge on any atom is 0.346 e. The highest BCUT2D eigenvalue weighted by molar-refractivity contribution is 6.28. The van der Waals surface area contributed by atoms with Crippen molar-refractivity contribution in [1.29, 1.82) is 5.26 Å². The molecule has 1 heterocycles. The first-order chi connectivity index (χ1) is 14.0. The summed E-state index contributed by atoms with van der Waals surface area (Å²) in [5.41, 5.74) is 1.53. The van der Waals surface area contributed by atoms with E-state index in [0.29, 0.717) is 28.4 Å². The molecule has 0 aliphatic carbocycles. The standard InChI is InChI=1S/C20H14ClN5O3/c1-29-16-5-3-2-4-15(16)17-24-19(21)26-20(25-17)23-14-8-6-12(7-9-14)10-13(11-22)18(27)28/h2-10H,1H3,(H,27,28)(H,23,24,25,26). The number of hydrogen-bond donors (Lipinski definition) is 2. The predicted molar refractivity (Wildman–Crippen MR) is 108 cm³/mol. The van der Waals surface area contributed by atoms with Gasteiger partial charge in [0.05, 0.1) is 12.7 Å². The van der Waals surface area contributed by atoms with Crippen molar-refractivity contribution in [3.8, 4) is 23.2 Å². The van der Waals surface area contributed by atoms with Crippen LogP contribution in [0.5, 0.6) is 5.75 Å². The Labute approximate surface area is 171 Å². The first-order valence-corrected chi connectivity index (χ1v) is 8.65. The highest BCUT2D eigenvalue weighted by atomic mass is 35.5. The van der Waals surface area contributed by atoms with Crippen molar-refractivity contribution < 1.29 is 14.6 Å². The van der Waals surface area contributed by atoms with Crippen molar-refractivity contribution in [2.75, 3.05) is 12.4 Å². The fraction of sp³-hybridized carbons (Fsp3) is 0.0500. The number of nitrogens with one attached hydrogen (secondary N) is 1. The van der Waals surface area contributed by atoms with Gasteiger partial charge in [-0.2, -0.15) is 20.2 Å². The number of ether oxygens (including phenoxy) is 1. The highest BCUT2D eigenvalue weighted by Gasteiger charge is 2.12. The van der Waals surface area contributed by atoms with E-state index >= 15 is 0 Å². The minimum absolute atomic E-state index is 0.0167. The third kappa shape index (κ3) is 4.86. The van der Waals surface area contributed by atoms with Crippen LogP contribution < -0.4 is 10.1 Å². The Balaban J connectivity index is 1.87. The number of benzene rings is 2. The topological polar surface area (TPSA) is 121 Å². The number of rotatable bonds is 6. The zero-order valence-corrected chi connectivity index (χ0v) is 15.9. The molecule has 0 atom stereocenters. The molecule has 9 heteroatoms. The van der Waals surface area contributed by atoms with Gasteiger partial charge in [-0.1, -0.05) is 24.3 Å². The third-order valence-electron chi connectivity index (χ3n) is 3.78. The van der Waals surface area contributed by atoms with Crippen LogP contribution in [0.4, 0.5) is 11.6 Å². The summed E-state index contributed by atoms with van der Waals surface area (Å²) in [5.74, 6) is -0.0935. The molecule has 8 nitrogen and oxygen atoms in total. The van der Waals surface area contributed by atoms with Crippen LogP contribution in [0.3, 0.4) is 0 Å². The van der Waals surface area contributed by atoms with Gasteiger partial charge < -0.3 is 15.2 Å². The van der Waals surface area contributed by atoms with Crippen LogP contribution in [0.15, 0.2) is 54.1 Å². The van der Waals surface area contributed by atoms with Gasteiger partial charge in [0.2, 0.25) is 11.2 Å². The van der Waals surface area contributed by atoms with E-state index in [9.17, 15) is 4.79 Å². The Morgan fingerprint density at radius 3 is 2.55 bits per heavy atom. The van der Waals surface area contributed by atoms with Gasteiger partial charge in [-0.05, 0) is 47.5 Å². The molecule has 0 amide bonds. The predicted octanol–water partition coefficient (Wildman–Crippen LogP) is 3.94. The Bertz CT molecular complexity index is 1120. The van der Waals surface area contributed by atoms with E-state index < -0.39 is 5.97 Å². The molecule has 0 aliphatic heterocycles. The second-order valence-corrected chi connectivity index (χ2v) is 6.01. The molecular formula is C20H14ClN5O3. The number of aliphatic carboxylic acids is 1. The summed E-state index contributed by atoms with van der Waals surface area (Å²) < 4.78 is 5.33. The van der Waals surface area contributed by atoms with Crippen LogP contribution >= 0.6 is 11.6 Å². The lowest BCUT2D eigenvalue weighted by Gasteiger charge is -2.09. The number of carboxylic acid groups (broad SMARTS) is 1. The van der Waals surface area contributed by atoms with E-state index in [1.165, 1.54) is 6.08 Å². The molecule has 3 aromatic rings. The van der Waals surface area contributed by atoms with Crippen molar-refractivity contribution in [2.24, 2.45) is 0 Å². The van der Waals surface area contributed by atoms with Crippen molar-refractivity contribution >= 4 is 35.3 Å². The second kappa shape index (κ2) is 8.82. The smallest absolute Gasteiger partial charge is 0.346 e. The molecule has 0 aliphatic rings. The van der Waals surface area contributed by atoms with Crippen LogP contribution in [0.1, 0.15) is 5.56 Å². The lowest BCUT2D eigenvalue weighted by Crippen LogP contribution is -2.02. The van der Waals surface area contributed by atoms with Crippen LogP contribution in [-0.4, -0.2) is 33.1 Å². The number of nitrogens with zero attached hydrogens (tertiary/aromatic N) is 4. The fourth-order valence-electron chi connectivity index (χ4n) is 2.46. The Morgan fingerprint density at radius 1 is 1.17 bits per heavy atom. The summed E-state index contributed by atoms with van der Waals surface area (Å²) >= 11 is 6.05. The molecular weight excluding hydrogens is 394 g/mol. The number of methoxy groups -OCH3 is 1. The molecule has 0 radical (unpaired) electrons. The van der Waals surface area contributed by atoms with E-state index in [1.54, 1.807) is 43.5 Å². The monoisotopic (exact) mass is 407 g/mol. The van der Waals surface area contributed by atoms with E-state index in [2.05, 4.69) is 20.3 Å². The average Bonchev–Trinajstić information content (AvgIpc) is 2.72. The van der Waals surface area contributed by atoms with E-state index in [1.807, 2.05) is 18.2 Å². The van der Waals surface area contributed by atoms with E-state index in [0.717, 1.165) is 0 Å². The van der Waals surface area contributed by atoms with E-state index in [4.69, 9.17) is 26.7 Å². The van der Waals surface area contributed by atoms with Crippen LogP contribution in [0, 0.1) is 11.3 Å². The van der Waals surface area contributed by atoms with Gasteiger partial charge in [0.15, 0.2) is 5.82 Å². The number of para-hydroxylation sites is 1. The Hall–Kier alpha value is -3.96. The number of nitriles is 1. The first kappa shape index (κ1) is 19.8. The third-order valence-corrected chi connectivity index (χ3v) is 3.95. The number of carboxylic acids is 1. The zero-order valence-electron chi connectivity index (χ0n) is 15.1. The van der Waals surface area contributed by atoms with E-state index in [-0.39, 0.29) is 16.8 Å². The van der Waals surface area contributed by atoms with Gasteiger partial charge in [-0.15, -0.1) is 0 Å². The summed E-state index contributed by atoms with van der Waals surface area (Å²) in [5, 5.41) is 20.8. The molecule has 0 saturated heterocycles. The van der Waals surface area contributed by atoms with Crippen molar-refractivity contribution in [2.45, 2.75) is 0 Å². The summed E-state index contributed by atoms with van der Waals surface area (Å²) in [4.78, 5) is 23.5. The maximum absolute atomic E-state index is 10.9. The quantitative estimate of drug-likeness (QED) is 0.465. The summed E-state index contributed by atoms with van der Waals surface area (Å²) in [7, 11) is 1.55. The molecule has 29 heavy (non-hydrogen) atoms. The molecule has 2 N–H and O–H groups in total. The molecule has 2 aromatic carbocycles. The average molecular weight is 408 g/mol. The van der Waals surface area contributed by atoms with Crippen LogP contribution in [-0.2, 0) is 4.79 Å². The molecule has 1 aromatic heterocycles. The van der Waals surface area contributed by atoms with Crippen molar-refractivity contribution in [1.82, 2.24) is 15.0 Å². The number of halogens is 1. The molecule has 0 spiro atoms. The summed E-state index contributed by atoms with van der Waals surface area (Å²) in [6.45, 7) is 0. The normalized spacial score (nSPS) is 10.9. The lowest BCUT2D eigenvalue weighted by atomic mass is 10.1. The molecule has 0 saturated carbocycles. The molecule has 0 bridgehead atoms. The van der Waals surface area contributed by atoms with Crippen LogP contribution in [0.2, 0.25) is 5.28 Å². The second-order valence-electron chi connectivity index (χ2n) is 5.67. The largest absolute Gasteiger partial charge is 0.496 e. The SMILES string of the molecule is COc1ccccc1-c1nc(Cl)nc(Nc2ccc(C=C(C#N)C(=O)O)cc2)n1. The Morgan fingerprint density at radius 2 is 1.90 bits per heavy atom. The molecule has 3 rings (SSSR count). The number of hydrogen-bond acceptors (Lipinski definition) is 7. The van der Waals surface area contributed by atoms with Gasteiger partial charge in [0.1, 0.15) is 17.4 Å². The molecule has 0 fully saturated rings. The van der Waals surface area contributed by atoms with Gasteiger partial charge >= 0.3 is 5.97 Å². The maximum atomic E-state index is 10.9. The zero-order chi connectivity index (χ0) is 20.8. The summed E-state index contributed by atoms with van der Waals surface area (Å²) in [6.07, 6.45) is 1.28.